The molecule has 0 aromatic heterocycles. The van der Waals surface area contributed by atoms with Crippen LogP contribution in [0.4, 0.5) is 16.2 Å². The molecule has 0 radical (unpaired) electrons. The highest BCUT2D eigenvalue weighted by molar-refractivity contribution is 6.05. The molecule has 12 nitrogen and oxygen atoms in total. The van der Waals surface area contributed by atoms with E-state index in [9.17, 15) is 28.8 Å². The van der Waals surface area contributed by atoms with Gasteiger partial charge >= 0.3 is 18.0 Å². The molecule has 0 aliphatic rings. The van der Waals surface area contributed by atoms with E-state index in [1.807, 2.05) is 19.1 Å². The van der Waals surface area contributed by atoms with E-state index in [2.05, 4.69) is 16.0 Å². The Kier molecular flexibility index (Phi) is 15.8. The predicted octanol–water partition coefficient (Wildman–Crippen LogP) is 5.42. The number of aliphatic hydroxyl groups excluding tert-OH is 1. The number of carbonyl (C=O) groups excluding carboxylic acids is 6. The second-order valence-electron chi connectivity index (χ2n) is 11.9. The fourth-order valence-corrected chi connectivity index (χ4v) is 4.70. The van der Waals surface area contributed by atoms with Crippen molar-refractivity contribution in [1.82, 2.24) is 5.32 Å². The van der Waals surface area contributed by atoms with Crippen LogP contribution in [-0.2, 0) is 36.7 Å². The molecular formula is C38H45N3O9. The first-order valence-electron chi connectivity index (χ1n) is 16.7. The van der Waals surface area contributed by atoms with Crippen LogP contribution in [-0.4, -0.2) is 65.9 Å². The summed E-state index contributed by atoms with van der Waals surface area (Å²) in [6.45, 7) is 5.13. The highest BCUT2D eigenvalue weighted by atomic mass is 16.6. The van der Waals surface area contributed by atoms with Crippen LogP contribution in [0.15, 0.2) is 72.8 Å². The summed E-state index contributed by atoms with van der Waals surface area (Å²) in [4.78, 5) is 72.9. The Morgan fingerprint density at radius 1 is 0.700 bits per heavy atom. The molecule has 0 fully saturated rings. The number of unbranched alkanes of at least 4 members (excludes halogenated alkanes) is 2. The third kappa shape index (κ3) is 13.6. The zero-order valence-corrected chi connectivity index (χ0v) is 28.7. The van der Waals surface area contributed by atoms with E-state index >= 15 is 0 Å². The Morgan fingerprint density at radius 2 is 1.28 bits per heavy atom. The lowest BCUT2D eigenvalue weighted by Crippen LogP contribution is -2.31. The number of Topliss-reactive ketones (excluding diaryl/α,β-unsaturated/α-hetero) is 2. The van der Waals surface area contributed by atoms with Crippen molar-refractivity contribution in [3.05, 3.63) is 95.1 Å². The molecule has 0 heterocycles. The minimum absolute atomic E-state index is 0.118. The quantitative estimate of drug-likeness (QED) is 0.0728. The highest BCUT2D eigenvalue weighted by Gasteiger charge is 2.21. The van der Waals surface area contributed by atoms with Gasteiger partial charge in [0, 0.05) is 48.3 Å². The van der Waals surface area contributed by atoms with E-state index in [0.717, 1.165) is 17.5 Å². The maximum atomic E-state index is 12.9. The Balaban J connectivity index is 1.34. The maximum absolute atomic E-state index is 12.9. The summed E-state index contributed by atoms with van der Waals surface area (Å²) in [5, 5.41) is 17.5. The fraction of sp³-hybridized carbons (Fsp3) is 0.368. The van der Waals surface area contributed by atoms with Gasteiger partial charge in [0.25, 0.3) is 5.91 Å². The maximum Gasteiger partial charge on any atom is 0.347 e. The molecule has 4 N–H and O–H groups in total. The molecular weight excluding hydrogens is 642 g/mol. The molecule has 3 aromatic rings. The van der Waals surface area contributed by atoms with Crippen LogP contribution in [0.25, 0.3) is 0 Å². The van der Waals surface area contributed by atoms with Gasteiger partial charge in [0.2, 0.25) is 0 Å². The first-order chi connectivity index (χ1) is 23.9. The molecule has 266 valence electrons. The summed E-state index contributed by atoms with van der Waals surface area (Å²) in [6, 6.07) is 20.2. The summed E-state index contributed by atoms with van der Waals surface area (Å²) >= 11 is 0. The second kappa shape index (κ2) is 20.2. The van der Waals surface area contributed by atoms with Crippen molar-refractivity contribution in [1.29, 1.82) is 0 Å². The Hall–Kier alpha value is -5.36. The van der Waals surface area contributed by atoms with Crippen LogP contribution in [0, 0.1) is 0 Å². The van der Waals surface area contributed by atoms with Crippen molar-refractivity contribution in [2.24, 2.45) is 0 Å². The number of benzene rings is 3. The number of amides is 3. The van der Waals surface area contributed by atoms with Gasteiger partial charge in [0.1, 0.15) is 11.9 Å². The number of hydrogen-bond acceptors (Lipinski definition) is 9. The molecule has 0 bridgehead atoms. The van der Waals surface area contributed by atoms with Crippen LogP contribution in [0.3, 0.4) is 0 Å². The molecule has 50 heavy (non-hydrogen) atoms. The minimum Gasteiger partial charge on any atom is -0.463 e. The van der Waals surface area contributed by atoms with Crippen molar-refractivity contribution in [2.45, 2.75) is 77.9 Å². The van der Waals surface area contributed by atoms with Crippen molar-refractivity contribution in [3.8, 4) is 0 Å². The molecule has 2 atom stereocenters. The summed E-state index contributed by atoms with van der Waals surface area (Å²) in [6.07, 6.45) is 1.36. The van der Waals surface area contributed by atoms with Gasteiger partial charge in [0.05, 0.1) is 6.61 Å². The molecule has 0 aliphatic carbocycles. The van der Waals surface area contributed by atoms with Gasteiger partial charge in [-0.2, -0.15) is 0 Å². The third-order valence-electron chi connectivity index (χ3n) is 7.50. The zero-order valence-electron chi connectivity index (χ0n) is 28.7. The molecule has 12 heteroatoms. The Morgan fingerprint density at radius 3 is 1.88 bits per heavy atom. The van der Waals surface area contributed by atoms with E-state index in [1.54, 1.807) is 60.7 Å². The van der Waals surface area contributed by atoms with E-state index in [0.29, 0.717) is 61.2 Å². The van der Waals surface area contributed by atoms with Crippen LogP contribution < -0.4 is 16.0 Å². The van der Waals surface area contributed by atoms with Crippen LogP contribution in [0.2, 0.25) is 0 Å². The number of esters is 2. The number of nitrogens with one attached hydrogen (secondary N) is 3. The van der Waals surface area contributed by atoms with Gasteiger partial charge in [-0.05, 0) is 87.1 Å². The molecule has 2 unspecified atom stereocenters. The fourth-order valence-electron chi connectivity index (χ4n) is 4.70. The first kappa shape index (κ1) is 39.1. The van der Waals surface area contributed by atoms with E-state index < -0.39 is 24.1 Å². The lowest BCUT2D eigenvalue weighted by atomic mass is 10.0. The van der Waals surface area contributed by atoms with E-state index in [-0.39, 0.29) is 36.5 Å². The molecule has 0 spiro atoms. The SMILES string of the molecule is CCCC(=O)Cc1ccc(NC(=O)c2ccc(C(=O)Cc3ccc(NC(=O)NCCCCCOC(=O)C(C)OC(=O)C(C)O)cc3)cc2)cc1. The number of rotatable bonds is 19. The van der Waals surface area contributed by atoms with Gasteiger partial charge in [-0.15, -0.1) is 0 Å². The van der Waals surface area contributed by atoms with Gasteiger partial charge in [0.15, 0.2) is 11.9 Å². The van der Waals surface area contributed by atoms with E-state index in [1.165, 1.54) is 13.8 Å². The zero-order chi connectivity index (χ0) is 36.5. The molecule has 0 saturated heterocycles. The second-order valence-corrected chi connectivity index (χ2v) is 11.9. The number of ether oxygens (including phenoxy) is 2. The summed E-state index contributed by atoms with van der Waals surface area (Å²) in [5.74, 6) is -1.83. The number of hydrogen-bond donors (Lipinski definition) is 4. The van der Waals surface area contributed by atoms with Crippen LogP contribution in [0.1, 0.15) is 84.7 Å². The number of anilines is 2. The van der Waals surface area contributed by atoms with Crippen molar-refractivity contribution < 1.29 is 43.3 Å². The van der Waals surface area contributed by atoms with Crippen molar-refractivity contribution in [3.63, 3.8) is 0 Å². The average molecular weight is 688 g/mol. The minimum atomic E-state index is -1.32. The number of aliphatic hydroxyl groups is 1. The normalized spacial score (nSPS) is 11.8. The Bertz CT molecular complexity index is 1600. The topological polar surface area (TPSA) is 177 Å². The Labute approximate surface area is 291 Å². The lowest BCUT2D eigenvalue weighted by molar-refractivity contribution is -0.171. The molecule has 0 saturated carbocycles. The molecule has 3 aromatic carbocycles. The molecule has 3 amide bonds. The standard InChI is InChI=1S/C38H45N3O9/c1-4-8-33(43)23-27-9-17-31(18-10-27)40-35(45)30-15-13-29(14-16-30)34(44)24-28-11-19-32(20-12-28)41-38(48)39-21-6-5-7-22-49-37(47)26(3)50-36(46)25(2)42/h9-20,25-26,42H,4-8,21-24H2,1-3H3,(H,40,45)(H2,39,41,48). The van der Waals surface area contributed by atoms with Crippen molar-refractivity contribution >= 4 is 46.8 Å². The summed E-state index contributed by atoms with van der Waals surface area (Å²) in [5.41, 5.74) is 3.71. The van der Waals surface area contributed by atoms with Crippen molar-refractivity contribution in [2.75, 3.05) is 23.8 Å². The van der Waals surface area contributed by atoms with Gasteiger partial charge < -0.3 is 30.5 Å². The summed E-state index contributed by atoms with van der Waals surface area (Å²) < 4.78 is 9.83. The number of ketones is 2. The molecule has 0 aliphatic heterocycles. The third-order valence-corrected chi connectivity index (χ3v) is 7.50. The van der Waals surface area contributed by atoms with Gasteiger partial charge in [-0.25, -0.2) is 14.4 Å². The monoisotopic (exact) mass is 687 g/mol. The van der Waals surface area contributed by atoms with Crippen LogP contribution >= 0.6 is 0 Å². The number of urea groups is 1. The lowest BCUT2D eigenvalue weighted by Gasteiger charge is -2.13. The predicted molar refractivity (Wildman–Crippen MR) is 188 cm³/mol. The largest absolute Gasteiger partial charge is 0.463 e. The van der Waals surface area contributed by atoms with E-state index in [4.69, 9.17) is 14.6 Å². The van der Waals surface area contributed by atoms with Gasteiger partial charge in [-0.3, -0.25) is 14.4 Å². The highest BCUT2D eigenvalue weighted by Crippen LogP contribution is 2.16. The average Bonchev–Trinajstić information content (AvgIpc) is 3.09. The molecule has 3 rings (SSSR count). The number of carbonyl (C=O) groups is 6. The smallest absolute Gasteiger partial charge is 0.347 e. The summed E-state index contributed by atoms with van der Waals surface area (Å²) in [7, 11) is 0. The first-order valence-corrected chi connectivity index (χ1v) is 16.7. The van der Waals surface area contributed by atoms with Crippen LogP contribution in [0.5, 0.6) is 0 Å². The van der Waals surface area contributed by atoms with Gasteiger partial charge in [-0.1, -0.05) is 43.3 Å².